The Kier molecular flexibility index (Phi) is 5.68. The zero-order chi connectivity index (χ0) is 16.7. The van der Waals surface area contributed by atoms with Gasteiger partial charge in [-0.25, -0.2) is 9.18 Å². The molecule has 0 atom stereocenters. The predicted octanol–water partition coefficient (Wildman–Crippen LogP) is 3.02. The molecule has 1 N–H and O–H groups in total. The second-order valence-electron chi connectivity index (χ2n) is 4.65. The van der Waals surface area contributed by atoms with Crippen LogP contribution in [0.15, 0.2) is 48.5 Å². The van der Waals surface area contributed by atoms with Crippen LogP contribution in [0.3, 0.4) is 0 Å². The van der Waals surface area contributed by atoms with Crippen molar-refractivity contribution >= 4 is 17.6 Å². The first-order valence-electron chi connectivity index (χ1n) is 6.95. The highest BCUT2D eigenvalue weighted by atomic mass is 19.1. The molecule has 0 aliphatic heterocycles. The summed E-state index contributed by atoms with van der Waals surface area (Å²) in [5.74, 6) is -1.07. The minimum atomic E-state index is -0.466. The number of nitrogens with one attached hydrogen (secondary N) is 1. The number of para-hydroxylation sites is 1. The number of carbonyl (C=O) groups excluding carboxylic acids is 2. The molecule has 0 bridgehead atoms. The highest BCUT2D eigenvalue weighted by molar-refractivity contribution is 5.93. The minimum Gasteiger partial charge on any atom is -0.490 e. The molecule has 5 nitrogen and oxygen atoms in total. The molecular formula is C17H16FNO4. The van der Waals surface area contributed by atoms with Gasteiger partial charge in [0.2, 0.25) is 5.91 Å². The molecule has 120 valence electrons. The zero-order valence-electron chi connectivity index (χ0n) is 12.5. The molecule has 6 heteroatoms. The third-order valence-corrected chi connectivity index (χ3v) is 3.01. The number of anilines is 1. The van der Waals surface area contributed by atoms with E-state index in [4.69, 9.17) is 4.74 Å². The Balaban J connectivity index is 1.81. The number of ether oxygens (including phenoxy) is 2. The lowest BCUT2D eigenvalue weighted by molar-refractivity contribution is -0.116. The highest BCUT2D eigenvalue weighted by Crippen LogP contribution is 2.15. The fourth-order valence-corrected chi connectivity index (χ4v) is 1.85. The van der Waals surface area contributed by atoms with Crippen molar-refractivity contribution in [3.63, 3.8) is 0 Å². The first-order chi connectivity index (χ1) is 11.1. The average Bonchev–Trinajstić information content (AvgIpc) is 2.56. The van der Waals surface area contributed by atoms with Gasteiger partial charge in [-0.2, -0.15) is 0 Å². The van der Waals surface area contributed by atoms with E-state index in [2.05, 4.69) is 10.1 Å². The second kappa shape index (κ2) is 7.93. The van der Waals surface area contributed by atoms with E-state index in [1.54, 1.807) is 36.4 Å². The average molecular weight is 317 g/mol. The van der Waals surface area contributed by atoms with E-state index < -0.39 is 11.8 Å². The summed E-state index contributed by atoms with van der Waals surface area (Å²) in [6.45, 7) is 0.0625. The molecular weight excluding hydrogens is 301 g/mol. The molecule has 0 saturated carbocycles. The monoisotopic (exact) mass is 317 g/mol. The Morgan fingerprint density at radius 2 is 1.78 bits per heavy atom. The van der Waals surface area contributed by atoms with Crippen molar-refractivity contribution in [1.29, 1.82) is 0 Å². The minimum absolute atomic E-state index is 0.0625. The predicted molar refractivity (Wildman–Crippen MR) is 82.9 cm³/mol. The van der Waals surface area contributed by atoms with Gasteiger partial charge in [0, 0.05) is 5.69 Å². The summed E-state index contributed by atoms with van der Waals surface area (Å²) in [5.41, 5.74) is 0.946. The summed E-state index contributed by atoms with van der Waals surface area (Å²) in [6.07, 6.45) is 0.0765. The molecule has 0 aliphatic rings. The van der Waals surface area contributed by atoms with Crippen molar-refractivity contribution in [1.82, 2.24) is 0 Å². The summed E-state index contributed by atoms with van der Waals surface area (Å²) in [6, 6.07) is 12.3. The number of benzene rings is 2. The Bertz CT molecular complexity index is 685. The molecule has 0 spiro atoms. The number of rotatable bonds is 6. The lowest BCUT2D eigenvalue weighted by atomic mass is 10.2. The quantitative estimate of drug-likeness (QED) is 0.832. The molecule has 0 heterocycles. The molecule has 2 aromatic rings. The summed E-state index contributed by atoms with van der Waals surface area (Å²) < 4.78 is 23.1. The Morgan fingerprint density at radius 1 is 1.09 bits per heavy atom. The van der Waals surface area contributed by atoms with Gasteiger partial charge in [0.05, 0.1) is 25.7 Å². The van der Waals surface area contributed by atoms with Crippen molar-refractivity contribution in [3.05, 3.63) is 59.9 Å². The molecule has 0 aliphatic carbocycles. The lowest BCUT2D eigenvalue weighted by Crippen LogP contribution is -2.15. The van der Waals surface area contributed by atoms with Crippen molar-refractivity contribution in [3.8, 4) is 5.75 Å². The van der Waals surface area contributed by atoms with Crippen LogP contribution in [0, 0.1) is 5.82 Å². The van der Waals surface area contributed by atoms with Gasteiger partial charge in [-0.1, -0.05) is 12.1 Å². The number of halogens is 1. The van der Waals surface area contributed by atoms with Gasteiger partial charge < -0.3 is 14.8 Å². The van der Waals surface area contributed by atoms with Crippen LogP contribution in [-0.2, 0) is 9.53 Å². The van der Waals surface area contributed by atoms with Crippen LogP contribution >= 0.6 is 0 Å². The van der Waals surface area contributed by atoms with Crippen molar-refractivity contribution < 1.29 is 23.5 Å². The van der Waals surface area contributed by atoms with Gasteiger partial charge in [0.15, 0.2) is 11.6 Å². The van der Waals surface area contributed by atoms with Gasteiger partial charge >= 0.3 is 5.97 Å². The molecule has 2 rings (SSSR count). The first-order valence-corrected chi connectivity index (χ1v) is 6.95. The number of carbonyl (C=O) groups is 2. The molecule has 0 aromatic heterocycles. The van der Waals surface area contributed by atoms with Gasteiger partial charge in [-0.3, -0.25) is 4.79 Å². The largest absolute Gasteiger partial charge is 0.490 e. The summed E-state index contributed by atoms with van der Waals surface area (Å²) >= 11 is 0. The number of amides is 1. The molecule has 0 unspecified atom stereocenters. The van der Waals surface area contributed by atoms with Gasteiger partial charge in [0.1, 0.15) is 0 Å². The Hall–Kier alpha value is -2.89. The van der Waals surface area contributed by atoms with E-state index in [1.807, 2.05) is 0 Å². The number of hydrogen-bond donors (Lipinski definition) is 1. The van der Waals surface area contributed by atoms with E-state index in [0.29, 0.717) is 11.3 Å². The first kappa shape index (κ1) is 16.5. The molecule has 1 amide bonds. The SMILES string of the molecule is COC(=O)c1ccc(NC(=O)CCOc2ccccc2F)cc1. The zero-order valence-corrected chi connectivity index (χ0v) is 12.5. The van der Waals surface area contributed by atoms with Crippen LogP contribution < -0.4 is 10.1 Å². The fourth-order valence-electron chi connectivity index (χ4n) is 1.85. The van der Waals surface area contributed by atoms with Crippen LogP contribution in [0.2, 0.25) is 0 Å². The van der Waals surface area contributed by atoms with Gasteiger partial charge in [-0.05, 0) is 36.4 Å². The van der Waals surface area contributed by atoms with Crippen LogP contribution in [0.5, 0.6) is 5.75 Å². The van der Waals surface area contributed by atoms with E-state index in [1.165, 1.54) is 19.2 Å². The standard InChI is InChI=1S/C17H16FNO4/c1-22-17(21)12-6-8-13(9-7-12)19-16(20)10-11-23-15-5-3-2-4-14(15)18/h2-9H,10-11H2,1H3,(H,19,20). The van der Waals surface area contributed by atoms with Crippen molar-refractivity contribution in [2.45, 2.75) is 6.42 Å². The van der Waals surface area contributed by atoms with Crippen LogP contribution in [0.25, 0.3) is 0 Å². The molecule has 0 radical (unpaired) electrons. The van der Waals surface area contributed by atoms with E-state index in [-0.39, 0.29) is 24.7 Å². The maximum Gasteiger partial charge on any atom is 0.337 e. The third kappa shape index (κ3) is 4.81. The summed E-state index contributed by atoms with van der Waals surface area (Å²) in [4.78, 5) is 23.1. The van der Waals surface area contributed by atoms with Crippen LogP contribution in [0.4, 0.5) is 10.1 Å². The summed E-state index contributed by atoms with van der Waals surface area (Å²) in [5, 5.41) is 2.66. The molecule has 23 heavy (non-hydrogen) atoms. The smallest absolute Gasteiger partial charge is 0.337 e. The number of methoxy groups -OCH3 is 1. The summed E-state index contributed by atoms with van der Waals surface area (Å²) in [7, 11) is 1.30. The normalized spacial score (nSPS) is 10.0. The van der Waals surface area contributed by atoms with E-state index >= 15 is 0 Å². The van der Waals surface area contributed by atoms with Gasteiger partial charge in [-0.15, -0.1) is 0 Å². The number of hydrogen-bond acceptors (Lipinski definition) is 4. The molecule has 2 aromatic carbocycles. The second-order valence-corrected chi connectivity index (χ2v) is 4.65. The Labute approximate surface area is 133 Å². The molecule has 0 saturated heterocycles. The fraction of sp³-hybridized carbons (Fsp3) is 0.176. The van der Waals surface area contributed by atoms with Crippen LogP contribution in [-0.4, -0.2) is 25.6 Å². The van der Waals surface area contributed by atoms with Crippen LogP contribution in [0.1, 0.15) is 16.8 Å². The Morgan fingerprint density at radius 3 is 2.43 bits per heavy atom. The third-order valence-electron chi connectivity index (χ3n) is 3.01. The number of esters is 1. The lowest BCUT2D eigenvalue weighted by Gasteiger charge is -2.08. The van der Waals surface area contributed by atoms with Gasteiger partial charge in [0.25, 0.3) is 0 Å². The maximum atomic E-state index is 13.3. The van der Waals surface area contributed by atoms with Crippen molar-refractivity contribution in [2.75, 3.05) is 19.0 Å². The maximum absolute atomic E-state index is 13.3. The highest BCUT2D eigenvalue weighted by Gasteiger charge is 2.07. The molecule has 0 fully saturated rings. The van der Waals surface area contributed by atoms with E-state index in [0.717, 1.165) is 0 Å². The van der Waals surface area contributed by atoms with E-state index in [9.17, 15) is 14.0 Å². The van der Waals surface area contributed by atoms with Crippen molar-refractivity contribution in [2.24, 2.45) is 0 Å². The topological polar surface area (TPSA) is 64.6 Å².